The third-order valence-electron chi connectivity index (χ3n) is 2.84. The van der Waals surface area contributed by atoms with Crippen LogP contribution >= 0.6 is 15.9 Å². The van der Waals surface area contributed by atoms with E-state index in [0.29, 0.717) is 6.54 Å². The number of halogens is 2. The second-order valence-corrected chi connectivity index (χ2v) is 5.05. The van der Waals surface area contributed by atoms with Gasteiger partial charge in [0.25, 0.3) is 5.69 Å². The van der Waals surface area contributed by atoms with E-state index in [-0.39, 0.29) is 15.8 Å². The number of aryl methyl sites for hydroxylation is 1. The molecule has 5 nitrogen and oxygen atoms in total. The number of aromatic nitrogens is 1. The summed E-state index contributed by atoms with van der Waals surface area (Å²) in [5.74, 6) is -0.664. The molecule has 0 saturated heterocycles. The molecule has 2 rings (SSSR count). The van der Waals surface area contributed by atoms with Gasteiger partial charge >= 0.3 is 0 Å². The first-order valence-electron chi connectivity index (χ1n) is 5.76. The summed E-state index contributed by atoms with van der Waals surface area (Å²) in [6.07, 6.45) is 3.37. The summed E-state index contributed by atoms with van der Waals surface area (Å²) in [5.41, 5.74) is 1.91. The number of anilines is 1. The monoisotopic (exact) mass is 339 g/mol. The summed E-state index contributed by atoms with van der Waals surface area (Å²) >= 11 is 3.02. The number of benzene rings is 1. The molecule has 0 saturated carbocycles. The first-order valence-corrected chi connectivity index (χ1v) is 6.55. The molecule has 20 heavy (non-hydrogen) atoms. The van der Waals surface area contributed by atoms with Crippen molar-refractivity contribution in [3.8, 4) is 0 Å². The van der Waals surface area contributed by atoms with Gasteiger partial charge in [0.15, 0.2) is 0 Å². The summed E-state index contributed by atoms with van der Waals surface area (Å²) in [6, 6.07) is 4.09. The highest BCUT2D eigenvalue weighted by Gasteiger charge is 2.17. The van der Waals surface area contributed by atoms with Crippen LogP contribution in [-0.2, 0) is 6.54 Å². The highest BCUT2D eigenvalue weighted by atomic mass is 79.9. The van der Waals surface area contributed by atoms with E-state index < -0.39 is 10.7 Å². The Morgan fingerprint density at radius 1 is 1.50 bits per heavy atom. The molecule has 1 aromatic heterocycles. The second kappa shape index (κ2) is 5.96. The molecule has 0 unspecified atom stereocenters. The fraction of sp³-hybridized carbons (Fsp3) is 0.154. The Hall–Kier alpha value is -2.02. The van der Waals surface area contributed by atoms with E-state index in [1.807, 2.05) is 13.0 Å². The van der Waals surface area contributed by atoms with Gasteiger partial charge in [-0.2, -0.15) is 0 Å². The highest BCUT2D eigenvalue weighted by molar-refractivity contribution is 9.10. The number of nitro groups is 1. The molecule has 0 bridgehead atoms. The Bertz CT molecular complexity index is 664. The summed E-state index contributed by atoms with van der Waals surface area (Å²) in [4.78, 5) is 14.3. The molecule has 0 aliphatic carbocycles. The largest absolute Gasteiger partial charge is 0.375 e. The van der Waals surface area contributed by atoms with Crippen LogP contribution in [0.25, 0.3) is 0 Å². The van der Waals surface area contributed by atoms with Gasteiger partial charge in [0, 0.05) is 18.9 Å². The van der Waals surface area contributed by atoms with Crippen molar-refractivity contribution in [1.29, 1.82) is 0 Å². The lowest BCUT2D eigenvalue weighted by Gasteiger charge is -2.09. The third-order valence-corrected chi connectivity index (χ3v) is 3.45. The zero-order chi connectivity index (χ0) is 14.7. The number of hydrogen-bond donors (Lipinski definition) is 1. The zero-order valence-electron chi connectivity index (χ0n) is 10.6. The Morgan fingerprint density at radius 2 is 2.25 bits per heavy atom. The molecular weight excluding hydrogens is 329 g/mol. The molecule has 0 fully saturated rings. The number of hydrogen-bond acceptors (Lipinski definition) is 4. The number of pyridine rings is 1. The summed E-state index contributed by atoms with van der Waals surface area (Å²) in [6.45, 7) is 2.30. The summed E-state index contributed by atoms with van der Waals surface area (Å²) in [5, 5.41) is 13.9. The topological polar surface area (TPSA) is 68.1 Å². The van der Waals surface area contributed by atoms with E-state index in [9.17, 15) is 14.5 Å². The van der Waals surface area contributed by atoms with Gasteiger partial charge in [0.2, 0.25) is 0 Å². The van der Waals surface area contributed by atoms with Crippen LogP contribution in [0.3, 0.4) is 0 Å². The van der Waals surface area contributed by atoms with Gasteiger partial charge in [0.05, 0.1) is 15.5 Å². The highest BCUT2D eigenvalue weighted by Crippen LogP contribution is 2.30. The molecule has 0 aliphatic heterocycles. The van der Waals surface area contributed by atoms with Crippen LogP contribution in [0, 0.1) is 22.9 Å². The van der Waals surface area contributed by atoms with Gasteiger partial charge in [-0.3, -0.25) is 15.1 Å². The van der Waals surface area contributed by atoms with Crippen molar-refractivity contribution >= 4 is 27.3 Å². The van der Waals surface area contributed by atoms with E-state index in [4.69, 9.17) is 0 Å². The van der Waals surface area contributed by atoms with Crippen molar-refractivity contribution in [3.05, 3.63) is 62.1 Å². The predicted molar refractivity (Wildman–Crippen MR) is 77.1 cm³/mol. The van der Waals surface area contributed by atoms with Gasteiger partial charge in [-0.15, -0.1) is 0 Å². The van der Waals surface area contributed by atoms with Crippen molar-refractivity contribution in [1.82, 2.24) is 4.98 Å². The van der Waals surface area contributed by atoms with Crippen LogP contribution in [0.15, 0.2) is 35.1 Å². The average molecular weight is 340 g/mol. The first kappa shape index (κ1) is 14.4. The Labute approximate surface area is 123 Å². The Kier molecular flexibility index (Phi) is 4.29. The molecule has 104 valence electrons. The lowest BCUT2D eigenvalue weighted by Crippen LogP contribution is -2.05. The van der Waals surface area contributed by atoms with Crippen LogP contribution in [-0.4, -0.2) is 9.91 Å². The van der Waals surface area contributed by atoms with Crippen molar-refractivity contribution in [2.24, 2.45) is 0 Å². The number of nitro benzene ring substituents is 1. The maximum absolute atomic E-state index is 13.4. The molecule has 1 heterocycles. The maximum atomic E-state index is 13.4. The molecule has 0 spiro atoms. The van der Waals surface area contributed by atoms with Gasteiger partial charge in [-0.1, -0.05) is 0 Å². The smallest absolute Gasteiger partial charge is 0.295 e. The zero-order valence-corrected chi connectivity index (χ0v) is 12.1. The normalized spacial score (nSPS) is 10.3. The molecular formula is C13H11BrFN3O2. The first-order chi connectivity index (χ1) is 9.49. The maximum Gasteiger partial charge on any atom is 0.295 e. The van der Waals surface area contributed by atoms with Gasteiger partial charge < -0.3 is 5.32 Å². The van der Waals surface area contributed by atoms with Crippen LogP contribution in [0.5, 0.6) is 0 Å². The molecule has 0 amide bonds. The van der Waals surface area contributed by atoms with Crippen LogP contribution in [0.4, 0.5) is 15.8 Å². The van der Waals surface area contributed by atoms with Crippen molar-refractivity contribution in [3.63, 3.8) is 0 Å². The van der Waals surface area contributed by atoms with Crippen molar-refractivity contribution in [2.75, 3.05) is 5.32 Å². The second-order valence-electron chi connectivity index (χ2n) is 4.20. The van der Waals surface area contributed by atoms with Crippen LogP contribution in [0.2, 0.25) is 0 Å². The molecule has 0 radical (unpaired) electrons. The molecule has 0 aliphatic rings. The molecule has 0 atom stereocenters. The number of nitrogens with one attached hydrogen (secondary N) is 1. The lowest BCUT2D eigenvalue weighted by atomic mass is 10.1. The molecule has 1 aromatic carbocycles. The van der Waals surface area contributed by atoms with Crippen molar-refractivity contribution < 1.29 is 9.31 Å². The van der Waals surface area contributed by atoms with Crippen LogP contribution in [0.1, 0.15) is 11.1 Å². The predicted octanol–water partition coefficient (Wildman–Crippen LogP) is 3.81. The van der Waals surface area contributed by atoms with E-state index in [2.05, 4.69) is 26.2 Å². The summed E-state index contributed by atoms with van der Waals surface area (Å²) < 4.78 is 13.5. The van der Waals surface area contributed by atoms with E-state index in [0.717, 1.165) is 17.2 Å². The Morgan fingerprint density at radius 3 is 2.90 bits per heavy atom. The lowest BCUT2D eigenvalue weighted by molar-refractivity contribution is -0.384. The molecule has 1 N–H and O–H groups in total. The Balaban J connectivity index is 2.27. The van der Waals surface area contributed by atoms with Gasteiger partial charge in [0.1, 0.15) is 11.5 Å². The molecule has 7 heteroatoms. The average Bonchev–Trinajstić information content (AvgIpc) is 2.41. The fourth-order valence-electron chi connectivity index (χ4n) is 1.72. The van der Waals surface area contributed by atoms with Crippen molar-refractivity contribution in [2.45, 2.75) is 13.5 Å². The standard InChI is InChI=1S/C13H11BrFN3O2/c1-8-6-16-3-2-9(8)7-17-12-4-10(14)11(15)5-13(12)18(19)20/h2-6,17H,7H2,1H3. The van der Waals surface area contributed by atoms with Gasteiger partial charge in [-0.05, 0) is 46.1 Å². The van der Waals surface area contributed by atoms with Gasteiger partial charge in [-0.25, -0.2) is 4.39 Å². The SMILES string of the molecule is Cc1cnccc1CNc1cc(Br)c(F)cc1[N+](=O)[O-]. The fourth-order valence-corrected chi connectivity index (χ4v) is 2.06. The minimum atomic E-state index is -0.664. The van der Waals surface area contributed by atoms with E-state index >= 15 is 0 Å². The number of rotatable bonds is 4. The quantitative estimate of drug-likeness (QED) is 0.679. The minimum Gasteiger partial charge on any atom is -0.375 e. The van der Waals surface area contributed by atoms with Crippen LogP contribution < -0.4 is 5.32 Å². The third kappa shape index (κ3) is 3.11. The summed E-state index contributed by atoms with van der Waals surface area (Å²) in [7, 11) is 0. The molecule has 2 aromatic rings. The number of nitrogens with zero attached hydrogens (tertiary/aromatic N) is 2. The minimum absolute atomic E-state index is 0.178. The van der Waals surface area contributed by atoms with E-state index in [1.54, 1.807) is 12.4 Å². The van der Waals surface area contributed by atoms with E-state index in [1.165, 1.54) is 6.07 Å².